The van der Waals surface area contributed by atoms with Crippen LogP contribution in [0, 0.1) is 0 Å². The van der Waals surface area contributed by atoms with E-state index in [2.05, 4.69) is 15.6 Å². The summed E-state index contributed by atoms with van der Waals surface area (Å²) in [4.78, 5) is 4.16. The van der Waals surface area contributed by atoms with Gasteiger partial charge in [0.1, 0.15) is 0 Å². The lowest BCUT2D eigenvalue weighted by atomic mass is 10.3. The minimum absolute atomic E-state index is 0.310. The van der Waals surface area contributed by atoms with Crippen LogP contribution in [0.15, 0.2) is 4.99 Å². The van der Waals surface area contributed by atoms with Gasteiger partial charge in [-0.2, -0.15) is 0 Å². The molecule has 0 radical (unpaired) electrons. The molecule has 1 heterocycles. The van der Waals surface area contributed by atoms with E-state index in [4.69, 9.17) is 5.73 Å². The summed E-state index contributed by atoms with van der Waals surface area (Å²) in [5.74, 6) is 0.887. The molecule has 10 heavy (non-hydrogen) atoms. The normalized spacial score (nSPS) is 19.6. The average Bonchev–Trinajstić information content (AvgIpc) is 2.40. The summed E-state index contributed by atoms with van der Waals surface area (Å²) in [6.07, 6.45) is 0. The van der Waals surface area contributed by atoms with E-state index in [0.29, 0.717) is 12.6 Å². The largest absolute Gasteiger partial charge is 0.355 e. The third-order valence-electron chi connectivity index (χ3n) is 1.41. The summed E-state index contributed by atoms with van der Waals surface area (Å²) in [5.41, 5.74) is 5.40. The van der Waals surface area contributed by atoms with E-state index in [9.17, 15) is 0 Å². The van der Waals surface area contributed by atoms with Gasteiger partial charge >= 0.3 is 0 Å². The molecule has 0 aromatic rings. The highest BCUT2D eigenvalue weighted by atomic mass is 15.2. The molecular weight excluding hydrogens is 128 g/mol. The number of nitrogens with two attached hydrogens (primary N) is 1. The lowest BCUT2D eigenvalue weighted by molar-refractivity contribution is 0.664. The topological polar surface area (TPSA) is 62.4 Å². The number of guanidine groups is 1. The quantitative estimate of drug-likeness (QED) is 0.458. The SMILES string of the molecule is CC(CN)NC1=NCCN1. The van der Waals surface area contributed by atoms with Crippen molar-refractivity contribution in [2.24, 2.45) is 10.7 Å². The first-order chi connectivity index (χ1) is 4.83. The van der Waals surface area contributed by atoms with Crippen molar-refractivity contribution in [2.75, 3.05) is 19.6 Å². The van der Waals surface area contributed by atoms with Gasteiger partial charge in [0.2, 0.25) is 0 Å². The van der Waals surface area contributed by atoms with Crippen LogP contribution in [-0.2, 0) is 0 Å². The van der Waals surface area contributed by atoms with Crippen LogP contribution in [0.1, 0.15) is 6.92 Å². The molecule has 0 aromatic carbocycles. The average molecular weight is 142 g/mol. The van der Waals surface area contributed by atoms with Crippen molar-refractivity contribution in [1.29, 1.82) is 0 Å². The van der Waals surface area contributed by atoms with Crippen molar-refractivity contribution in [1.82, 2.24) is 10.6 Å². The highest BCUT2D eigenvalue weighted by Gasteiger charge is 2.05. The number of hydrogen-bond acceptors (Lipinski definition) is 4. The first kappa shape index (κ1) is 7.34. The van der Waals surface area contributed by atoms with Gasteiger partial charge in [-0.15, -0.1) is 0 Å². The molecule has 0 amide bonds. The fraction of sp³-hybridized carbons (Fsp3) is 0.833. The molecule has 0 aromatic heterocycles. The molecule has 58 valence electrons. The molecule has 1 aliphatic rings. The van der Waals surface area contributed by atoms with Crippen molar-refractivity contribution < 1.29 is 0 Å². The van der Waals surface area contributed by atoms with Crippen LogP contribution in [0.5, 0.6) is 0 Å². The number of nitrogens with zero attached hydrogens (tertiary/aromatic N) is 1. The smallest absolute Gasteiger partial charge is 0.191 e. The molecule has 0 bridgehead atoms. The van der Waals surface area contributed by atoms with Gasteiger partial charge in [-0.25, -0.2) is 0 Å². The Balaban J connectivity index is 2.23. The Morgan fingerprint density at radius 2 is 2.70 bits per heavy atom. The Bertz CT molecular complexity index is 132. The minimum atomic E-state index is 0.310. The van der Waals surface area contributed by atoms with Crippen LogP contribution in [0.25, 0.3) is 0 Å². The van der Waals surface area contributed by atoms with Gasteiger partial charge < -0.3 is 16.4 Å². The van der Waals surface area contributed by atoms with Crippen LogP contribution < -0.4 is 16.4 Å². The van der Waals surface area contributed by atoms with Crippen LogP contribution in [0.4, 0.5) is 0 Å². The predicted octanol–water partition coefficient (Wildman–Crippen LogP) is -1.12. The van der Waals surface area contributed by atoms with E-state index in [0.717, 1.165) is 19.0 Å². The van der Waals surface area contributed by atoms with Crippen LogP contribution >= 0.6 is 0 Å². The lowest BCUT2D eigenvalue weighted by Gasteiger charge is -2.11. The van der Waals surface area contributed by atoms with E-state index in [1.54, 1.807) is 0 Å². The second kappa shape index (κ2) is 3.41. The first-order valence-electron chi connectivity index (χ1n) is 3.58. The zero-order chi connectivity index (χ0) is 7.40. The van der Waals surface area contributed by atoms with Crippen molar-refractivity contribution in [3.05, 3.63) is 0 Å². The highest BCUT2D eigenvalue weighted by molar-refractivity contribution is 5.81. The summed E-state index contributed by atoms with van der Waals surface area (Å²) in [7, 11) is 0. The second-order valence-electron chi connectivity index (χ2n) is 2.44. The van der Waals surface area contributed by atoms with E-state index in [1.807, 2.05) is 6.92 Å². The van der Waals surface area contributed by atoms with Gasteiger partial charge in [-0.1, -0.05) is 0 Å². The molecule has 4 N–H and O–H groups in total. The Morgan fingerprint density at radius 3 is 3.20 bits per heavy atom. The Kier molecular flexibility index (Phi) is 2.50. The van der Waals surface area contributed by atoms with Crippen LogP contribution in [0.3, 0.4) is 0 Å². The fourth-order valence-corrected chi connectivity index (χ4v) is 0.787. The molecule has 0 spiro atoms. The van der Waals surface area contributed by atoms with Crippen molar-refractivity contribution in [3.8, 4) is 0 Å². The molecule has 4 heteroatoms. The highest BCUT2D eigenvalue weighted by Crippen LogP contribution is 1.83. The Labute approximate surface area is 60.9 Å². The second-order valence-corrected chi connectivity index (χ2v) is 2.44. The maximum atomic E-state index is 5.40. The standard InChI is InChI=1S/C6H14N4/c1-5(4-7)10-6-8-2-3-9-6/h5H,2-4,7H2,1H3,(H2,8,9,10). The van der Waals surface area contributed by atoms with E-state index < -0.39 is 0 Å². The molecule has 4 nitrogen and oxygen atoms in total. The van der Waals surface area contributed by atoms with Crippen molar-refractivity contribution in [3.63, 3.8) is 0 Å². The first-order valence-corrected chi connectivity index (χ1v) is 3.58. The summed E-state index contributed by atoms with van der Waals surface area (Å²) in [6.45, 7) is 4.49. The van der Waals surface area contributed by atoms with Gasteiger partial charge in [0.05, 0.1) is 6.54 Å². The van der Waals surface area contributed by atoms with Gasteiger partial charge in [-0.05, 0) is 6.92 Å². The third-order valence-corrected chi connectivity index (χ3v) is 1.41. The van der Waals surface area contributed by atoms with E-state index in [1.165, 1.54) is 0 Å². The zero-order valence-electron chi connectivity index (χ0n) is 6.22. The predicted molar refractivity (Wildman–Crippen MR) is 42.0 cm³/mol. The molecule has 0 saturated heterocycles. The zero-order valence-corrected chi connectivity index (χ0v) is 6.22. The molecule has 0 fully saturated rings. The molecule has 1 unspecified atom stereocenters. The van der Waals surface area contributed by atoms with Crippen LogP contribution in [0.2, 0.25) is 0 Å². The maximum Gasteiger partial charge on any atom is 0.191 e. The summed E-state index contributed by atoms with van der Waals surface area (Å²) < 4.78 is 0. The Morgan fingerprint density at radius 1 is 1.90 bits per heavy atom. The molecule has 1 atom stereocenters. The Hall–Kier alpha value is -0.770. The number of rotatable bonds is 2. The van der Waals surface area contributed by atoms with Gasteiger partial charge in [-0.3, -0.25) is 4.99 Å². The van der Waals surface area contributed by atoms with E-state index >= 15 is 0 Å². The van der Waals surface area contributed by atoms with E-state index in [-0.39, 0.29) is 0 Å². The molecule has 1 rings (SSSR count). The molecule has 0 saturated carbocycles. The van der Waals surface area contributed by atoms with Gasteiger partial charge in [0.25, 0.3) is 0 Å². The molecular formula is C6H14N4. The van der Waals surface area contributed by atoms with Gasteiger partial charge in [0.15, 0.2) is 5.96 Å². The summed E-state index contributed by atoms with van der Waals surface area (Å²) in [5, 5.41) is 6.25. The lowest BCUT2D eigenvalue weighted by Crippen LogP contribution is -2.42. The number of hydrogen-bond donors (Lipinski definition) is 3. The monoisotopic (exact) mass is 142 g/mol. The fourth-order valence-electron chi connectivity index (χ4n) is 0.787. The van der Waals surface area contributed by atoms with Crippen molar-refractivity contribution in [2.45, 2.75) is 13.0 Å². The van der Waals surface area contributed by atoms with Crippen LogP contribution in [-0.4, -0.2) is 31.6 Å². The summed E-state index contributed by atoms with van der Waals surface area (Å²) >= 11 is 0. The minimum Gasteiger partial charge on any atom is -0.355 e. The third kappa shape index (κ3) is 1.88. The number of aliphatic imine (C=N–C) groups is 1. The summed E-state index contributed by atoms with van der Waals surface area (Å²) in [6, 6.07) is 0.310. The maximum absolute atomic E-state index is 5.40. The molecule has 1 aliphatic heterocycles. The van der Waals surface area contributed by atoms with Crippen molar-refractivity contribution >= 4 is 5.96 Å². The molecule has 0 aliphatic carbocycles. The van der Waals surface area contributed by atoms with Gasteiger partial charge in [0, 0.05) is 19.1 Å². The number of nitrogens with one attached hydrogen (secondary N) is 2.